The minimum atomic E-state index is -1.04. The number of rotatable bonds is 4. The van der Waals surface area contributed by atoms with Gasteiger partial charge in [-0.05, 0) is 46.8 Å². The largest absolute Gasteiger partial charge is 0.348 e. The first kappa shape index (κ1) is 19.3. The van der Waals surface area contributed by atoms with Crippen LogP contribution >= 0.6 is 28.3 Å². The number of nitrogens with two attached hydrogens (primary N) is 1. The molecule has 0 aromatic heterocycles. The molecule has 1 aliphatic carbocycles. The Hall–Kier alpha value is -0.720. The van der Waals surface area contributed by atoms with Crippen LogP contribution in [0.3, 0.4) is 0 Å². The second-order valence-corrected chi connectivity index (χ2v) is 6.31. The van der Waals surface area contributed by atoms with Gasteiger partial charge in [0.1, 0.15) is 0 Å². The lowest BCUT2D eigenvalue weighted by atomic mass is 9.84. The van der Waals surface area contributed by atoms with Crippen molar-refractivity contribution < 1.29 is 13.6 Å². The zero-order valence-electron chi connectivity index (χ0n) is 12.1. The maximum atomic E-state index is 13.3. The number of halogens is 4. The molecule has 1 unspecified atom stereocenters. The molecule has 22 heavy (non-hydrogen) atoms. The minimum Gasteiger partial charge on any atom is -0.348 e. The summed E-state index contributed by atoms with van der Waals surface area (Å²) in [7, 11) is 0. The van der Waals surface area contributed by atoms with Crippen LogP contribution in [-0.4, -0.2) is 18.5 Å². The SMILES string of the molecule is Cl.NCC(NC(=O)c1cc(F)c(F)cc1Br)C1CCCCC1. The van der Waals surface area contributed by atoms with Gasteiger partial charge in [0.05, 0.1) is 5.56 Å². The van der Waals surface area contributed by atoms with E-state index < -0.39 is 17.5 Å². The number of carbonyl (C=O) groups excluding carboxylic acids is 1. The molecule has 124 valence electrons. The molecular weight excluding hydrogens is 378 g/mol. The fourth-order valence-corrected chi connectivity index (χ4v) is 3.34. The summed E-state index contributed by atoms with van der Waals surface area (Å²) in [5.41, 5.74) is 5.85. The van der Waals surface area contributed by atoms with E-state index in [4.69, 9.17) is 5.73 Å². The molecule has 0 radical (unpaired) electrons. The number of carbonyl (C=O) groups is 1. The minimum absolute atomic E-state index is 0. The lowest BCUT2D eigenvalue weighted by molar-refractivity contribution is 0.0914. The Labute approximate surface area is 143 Å². The van der Waals surface area contributed by atoms with Crippen LogP contribution in [0, 0.1) is 17.6 Å². The van der Waals surface area contributed by atoms with E-state index >= 15 is 0 Å². The van der Waals surface area contributed by atoms with E-state index in [1.807, 2.05) is 0 Å². The number of amides is 1. The van der Waals surface area contributed by atoms with Gasteiger partial charge in [-0.1, -0.05) is 19.3 Å². The average molecular weight is 398 g/mol. The Kier molecular flexibility index (Phi) is 7.72. The first-order valence-corrected chi connectivity index (χ1v) is 7.97. The Balaban J connectivity index is 0.00000242. The normalized spacial score (nSPS) is 16.7. The highest BCUT2D eigenvalue weighted by Gasteiger charge is 2.25. The highest BCUT2D eigenvalue weighted by atomic mass is 79.9. The van der Waals surface area contributed by atoms with Gasteiger partial charge in [0.2, 0.25) is 0 Å². The summed E-state index contributed by atoms with van der Waals surface area (Å²) in [6, 6.07) is 1.74. The summed E-state index contributed by atoms with van der Waals surface area (Å²) in [5.74, 6) is -2.09. The van der Waals surface area contributed by atoms with Crippen LogP contribution in [0.15, 0.2) is 16.6 Å². The third kappa shape index (κ3) is 4.64. The van der Waals surface area contributed by atoms with Gasteiger partial charge in [0.15, 0.2) is 11.6 Å². The van der Waals surface area contributed by atoms with Gasteiger partial charge in [0, 0.05) is 17.1 Å². The predicted molar refractivity (Wildman–Crippen MR) is 88.2 cm³/mol. The average Bonchev–Trinajstić information content (AvgIpc) is 2.49. The van der Waals surface area contributed by atoms with E-state index in [1.54, 1.807) is 0 Å². The number of nitrogens with one attached hydrogen (secondary N) is 1. The van der Waals surface area contributed by atoms with Crippen molar-refractivity contribution in [2.24, 2.45) is 11.7 Å². The third-order valence-electron chi connectivity index (χ3n) is 4.04. The molecule has 0 bridgehead atoms. The first-order chi connectivity index (χ1) is 10.0. The summed E-state index contributed by atoms with van der Waals surface area (Å²) in [5, 5.41) is 2.86. The van der Waals surface area contributed by atoms with Gasteiger partial charge < -0.3 is 11.1 Å². The van der Waals surface area contributed by atoms with Crippen LogP contribution in [0.1, 0.15) is 42.5 Å². The van der Waals surface area contributed by atoms with Crippen molar-refractivity contribution in [3.05, 3.63) is 33.8 Å². The fourth-order valence-electron chi connectivity index (χ4n) is 2.85. The van der Waals surface area contributed by atoms with Crippen LogP contribution in [0.5, 0.6) is 0 Å². The topological polar surface area (TPSA) is 55.1 Å². The van der Waals surface area contributed by atoms with Crippen molar-refractivity contribution in [1.29, 1.82) is 0 Å². The zero-order valence-corrected chi connectivity index (χ0v) is 14.5. The molecule has 0 aliphatic heterocycles. The van der Waals surface area contributed by atoms with Crippen LogP contribution in [0.4, 0.5) is 8.78 Å². The predicted octanol–water partition coefficient (Wildman–Crippen LogP) is 3.79. The van der Waals surface area contributed by atoms with Crippen molar-refractivity contribution in [1.82, 2.24) is 5.32 Å². The summed E-state index contributed by atoms with van der Waals surface area (Å²) < 4.78 is 26.6. The third-order valence-corrected chi connectivity index (χ3v) is 4.70. The monoisotopic (exact) mass is 396 g/mol. The molecule has 1 fully saturated rings. The van der Waals surface area contributed by atoms with E-state index in [-0.39, 0.29) is 28.5 Å². The Morgan fingerprint density at radius 2 is 1.86 bits per heavy atom. The Bertz CT molecular complexity index is 525. The van der Waals surface area contributed by atoms with E-state index in [9.17, 15) is 13.6 Å². The highest BCUT2D eigenvalue weighted by Crippen LogP contribution is 2.27. The van der Waals surface area contributed by atoms with Crippen LogP contribution < -0.4 is 11.1 Å². The lowest BCUT2D eigenvalue weighted by Gasteiger charge is -2.30. The molecule has 1 aliphatic rings. The fraction of sp³-hybridized carbons (Fsp3) is 0.533. The highest BCUT2D eigenvalue weighted by molar-refractivity contribution is 9.10. The summed E-state index contributed by atoms with van der Waals surface area (Å²) in [4.78, 5) is 12.3. The van der Waals surface area contributed by atoms with Crippen molar-refractivity contribution >= 4 is 34.2 Å². The molecule has 2 rings (SSSR count). The lowest BCUT2D eigenvalue weighted by Crippen LogP contribution is -2.46. The molecule has 7 heteroatoms. The van der Waals surface area contributed by atoms with E-state index in [0.717, 1.165) is 37.8 Å². The zero-order chi connectivity index (χ0) is 15.4. The second-order valence-electron chi connectivity index (χ2n) is 5.46. The molecule has 1 aromatic rings. The second kappa shape index (κ2) is 8.79. The van der Waals surface area contributed by atoms with Gasteiger partial charge >= 0.3 is 0 Å². The van der Waals surface area contributed by atoms with Crippen LogP contribution in [0.25, 0.3) is 0 Å². The molecule has 3 N–H and O–H groups in total. The summed E-state index contributed by atoms with van der Waals surface area (Å²) in [6.45, 7) is 0.345. The number of hydrogen-bond donors (Lipinski definition) is 2. The first-order valence-electron chi connectivity index (χ1n) is 7.18. The molecule has 0 heterocycles. The van der Waals surface area contributed by atoms with Crippen molar-refractivity contribution in [3.63, 3.8) is 0 Å². The molecule has 3 nitrogen and oxygen atoms in total. The van der Waals surface area contributed by atoms with E-state index in [0.29, 0.717) is 12.5 Å². The van der Waals surface area contributed by atoms with Gasteiger partial charge in [-0.15, -0.1) is 12.4 Å². The molecular formula is C15H20BrClF2N2O. The Morgan fingerprint density at radius 3 is 2.45 bits per heavy atom. The van der Waals surface area contributed by atoms with Gasteiger partial charge in [0.25, 0.3) is 5.91 Å². The van der Waals surface area contributed by atoms with Gasteiger partial charge in [-0.2, -0.15) is 0 Å². The molecule has 1 saturated carbocycles. The standard InChI is InChI=1S/C15H19BrF2N2O.ClH/c16-11-7-13(18)12(17)6-10(11)15(21)20-14(8-19)9-4-2-1-3-5-9;/h6-7,9,14H,1-5,8,19H2,(H,20,21);1H. The molecule has 0 spiro atoms. The smallest absolute Gasteiger partial charge is 0.252 e. The molecule has 1 atom stereocenters. The number of hydrogen-bond acceptors (Lipinski definition) is 2. The summed E-state index contributed by atoms with van der Waals surface area (Å²) >= 11 is 3.09. The maximum Gasteiger partial charge on any atom is 0.252 e. The Morgan fingerprint density at radius 1 is 1.27 bits per heavy atom. The van der Waals surface area contributed by atoms with Crippen molar-refractivity contribution in [2.45, 2.75) is 38.1 Å². The van der Waals surface area contributed by atoms with Gasteiger partial charge in [-0.25, -0.2) is 8.78 Å². The van der Waals surface area contributed by atoms with Crippen molar-refractivity contribution in [2.75, 3.05) is 6.54 Å². The van der Waals surface area contributed by atoms with E-state index in [1.165, 1.54) is 6.42 Å². The molecule has 0 saturated heterocycles. The van der Waals surface area contributed by atoms with Crippen LogP contribution in [-0.2, 0) is 0 Å². The molecule has 1 amide bonds. The summed E-state index contributed by atoms with van der Waals surface area (Å²) in [6.07, 6.45) is 5.59. The van der Waals surface area contributed by atoms with Crippen LogP contribution in [0.2, 0.25) is 0 Å². The van der Waals surface area contributed by atoms with E-state index in [2.05, 4.69) is 21.2 Å². The van der Waals surface area contributed by atoms with Crippen molar-refractivity contribution in [3.8, 4) is 0 Å². The molecule has 1 aromatic carbocycles. The maximum absolute atomic E-state index is 13.3. The number of benzene rings is 1. The van der Waals surface area contributed by atoms with Gasteiger partial charge in [-0.3, -0.25) is 4.79 Å². The quantitative estimate of drug-likeness (QED) is 0.760.